The lowest BCUT2D eigenvalue weighted by atomic mass is 9.97. The van der Waals surface area contributed by atoms with Crippen molar-refractivity contribution in [2.24, 2.45) is 5.92 Å². The first-order chi connectivity index (χ1) is 8.09. The summed E-state index contributed by atoms with van der Waals surface area (Å²) in [5.41, 5.74) is -0.0665. The summed E-state index contributed by atoms with van der Waals surface area (Å²) < 4.78 is 11.4. The molecule has 2 saturated heterocycles. The van der Waals surface area contributed by atoms with Crippen LogP contribution in [0.3, 0.4) is 0 Å². The fourth-order valence-electron chi connectivity index (χ4n) is 2.93. The zero-order valence-corrected chi connectivity index (χ0v) is 11.7. The van der Waals surface area contributed by atoms with E-state index in [1.54, 1.807) is 0 Å². The molecule has 1 atom stereocenters. The van der Waals surface area contributed by atoms with Crippen molar-refractivity contribution in [1.82, 2.24) is 4.90 Å². The van der Waals surface area contributed by atoms with Crippen LogP contribution in [-0.2, 0) is 9.47 Å². The van der Waals surface area contributed by atoms with E-state index in [1.165, 1.54) is 19.4 Å². The minimum atomic E-state index is -0.0665. The molecule has 0 N–H and O–H groups in total. The Morgan fingerprint density at radius 2 is 2.00 bits per heavy atom. The van der Waals surface area contributed by atoms with Gasteiger partial charge in [0.05, 0.1) is 11.7 Å². The molecule has 0 aromatic rings. The number of rotatable bonds is 3. The molecule has 17 heavy (non-hydrogen) atoms. The molecule has 3 nitrogen and oxygen atoms in total. The second kappa shape index (κ2) is 5.87. The number of alkyl halides is 1. The van der Waals surface area contributed by atoms with Crippen LogP contribution in [0.2, 0.25) is 0 Å². The predicted molar refractivity (Wildman–Crippen MR) is 69.7 cm³/mol. The van der Waals surface area contributed by atoms with E-state index in [1.807, 2.05) is 0 Å². The van der Waals surface area contributed by atoms with Crippen molar-refractivity contribution in [3.63, 3.8) is 0 Å². The normalized spacial score (nSPS) is 31.6. The minimum absolute atomic E-state index is 0.0665. The van der Waals surface area contributed by atoms with Crippen molar-refractivity contribution in [3.8, 4) is 0 Å². The summed E-state index contributed by atoms with van der Waals surface area (Å²) in [4.78, 5) is 2.52. The fraction of sp³-hybridized carbons (Fsp3) is 1.00. The van der Waals surface area contributed by atoms with Gasteiger partial charge in [0.25, 0.3) is 0 Å². The maximum atomic E-state index is 5.94. The van der Waals surface area contributed by atoms with Crippen LogP contribution in [0.15, 0.2) is 0 Å². The fourth-order valence-corrected chi connectivity index (χ4v) is 3.09. The lowest BCUT2D eigenvalue weighted by molar-refractivity contribution is -0.131. The number of halogens is 1. The van der Waals surface area contributed by atoms with Crippen LogP contribution in [0.5, 0.6) is 0 Å². The van der Waals surface area contributed by atoms with Crippen molar-refractivity contribution in [3.05, 3.63) is 0 Å². The van der Waals surface area contributed by atoms with Gasteiger partial charge in [-0.2, -0.15) is 0 Å². The van der Waals surface area contributed by atoms with Crippen LogP contribution in [0.1, 0.15) is 26.7 Å². The average molecular weight is 262 g/mol. The lowest BCUT2D eigenvalue weighted by Gasteiger charge is -2.43. The van der Waals surface area contributed by atoms with Gasteiger partial charge in [0.2, 0.25) is 0 Å². The van der Waals surface area contributed by atoms with Gasteiger partial charge in [0, 0.05) is 38.7 Å². The largest absolute Gasteiger partial charge is 0.381 e. The molecule has 0 spiro atoms. The second-order valence-corrected chi connectivity index (χ2v) is 6.21. The molecular weight excluding hydrogens is 238 g/mol. The van der Waals surface area contributed by atoms with Crippen molar-refractivity contribution in [2.75, 3.05) is 38.7 Å². The predicted octanol–water partition coefficient (Wildman–Crippen LogP) is 2.13. The third kappa shape index (κ3) is 4.09. The summed E-state index contributed by atoms with van der Waals surface area (Å²) >= 11 is 5.94. The van der Waals surface area contributed by atoms with Crippen LogP contribution in [0, 0.1) is 5.92 Å². The molecule has 2 heterocycles. The SMILES string of the molecule is CC1(C)CN(CC2CCOCC2)CC(CCl)O1. The summed E-state index contributed by atoms with van der Waals surface area (Å²) in [6, 6.07) is 0. The third-order valence-electron chi connectivity index (χ3n) is 3.58. The highest BCUT2D eigenvalue weighted by Crippen LogP contribution is 2.24. The Kier molecular flexibility index (Phi) is 4.70. The van der Waals surface area contributed by atoms with Crippen LogP contribution >= 0.6 is 11.6 Å². The lowest BCUT2D eigenvalue weighted by Crippen LogP contribution is -2.54. The number of morpholine rings is 1. The van der Waals surface area contributed by atoms with Crippen LogP contribution in [-0.4, -0.2) is 55.3 Å². The molecule has 2 aliphatic rings. The quantitative estimate of drug-likeness (QED) is 0.727. The number of ether oxygens (including phenoxy) is 2. The molecule has 2 aliphatic heterocycles. The molecule has 0 aromatic heterocycles. The number of hydrogen-bond acceptors (Lipinski definition) is 3. The molecule has 2 rings (SSSR count). The van der Waals surface area contributed by atoms with Gasteiger partial charge < -0.3 is 9.47 Å². The van der Waals surface area contributed by atoms with E-state index in [-0.39, 0.29) is 11.7 Å². The molecule has 0 saturated carbocycles. The Morgan fingerprint density at radius 1 is 1.29 bits per heavy atom. The van der Waals surface area contributed by atoms with E-state index >= 15 is 0 Å². The Labute approximate surface area is 109 Å². The average Bonchev–Trinajstić information content (AvgIpc) is 2.28. The summed E-state index contributed by atoms with van der Waals surface area (Å²) in [5, 5.41) is 0. The van der Waals surface area contributed by atoms with Gasteiger partial charge in [0.1, 0.15) is 0 Å². The second-order valence-electron chi connectivity index (χ2n) is 5.90. The first kappa shape index (κ1) is 13.6. The van der Waals surface area contributed by atoms with Crippen molar-refractivity contribution < 1.29 is 9.47 Å². The minimum Gasteiger partial charge on any atom is -0.381 e. The molecule has 4 heteroatoms. The summed E-state index contributed by atoms with van der Waals surface area (Å²) in [6.45, 7) is 9.33. The van der Waals surface area contributed by atoms with E-state index < -0.39 is 0 Å². The van der Waals surface area contributed by atoms with Crippen LogP contribution < -0.4 is 0 Å². The highest BCUT2D eigenvalue weighted by atomic mass is 35.5. The standard InChI is InChI=1S/C13H24ClNO2/c1-13(2)10-15(9-12(7-14)17-13)8-11-3-5-16-6-4-11/h11-12H,3-10H2,1-2H3. The van der Waals surface area contributed by atoms with Gasteiger partial charge in [-0.1, -0.05) is 0 Å². The van der Waals surface area contributed by atoms with Crippen molar-refractivity contribution in [2.45, 2.75) is 38.4 Å². The van der Waals surface area contributed by atoms with Gasteiger partial charge >= 0.3 is 0 Å². The van der Waals surface area contributed by atoms with E-state index in [4.69, 9.17) is 21.1 Å². The monoisotopic (exact) mass is 261 g/mol. The zero-order chi connectivity index (χ0) is 12.3. The van der Waals surface area contributed by atoms with E-state index in [9.17, 15) is 0 Å². The first-order valence-electron chi connectivity index (χ1n) is 6.63. The van der Waals surface area contributed by atoms with Crippen molar-refractivity contribution >= 4 is 11.6 Å². The summed E-state index contributed by atoms with van der Waals surface area (Å²) in [6.07, 6.45) is 2.58. The molecule has 100 valence electrons. The molecule has 0 aliphatic carbocycles. The highest BCUT2D eigenvalue weighted by Gasteiger charge is 2.33. The number of nitrogens with zero attached hydrogens (tertiary/aromatic N) is 1. The number of hydrogen-bond donors (Lipinski definition) is 0. The summed E-state index contributed by atoms with van der Waals surface area (Å²) in [7, 11) is 0. The molecule has 2 fully saturated rings. The Bertz CT molecular complexity index is 242. The molecule has 0 radical (unpaired) electrons. The van der Waals surface area contributed by atoms with Gasteiger partial charge in [-0.05, 0) is 32.6 Å². The van der Waals surface area contributed by atoms with E-state index in [0.29, 0.717) is 5.88 Å². The first-order valence-corrected chi connectivity index (χ1v) is 7.16. The smallest absolute Gasteiger partial charge is 0.0844 e. The molecular formula is C13H24ClNO2. The maximum absolute atomic E-state index is 5.94. The van der Waals surface area contributed by atoms with Crippen LogP contribution in [0.4, 0.5) is 0 Å². The summed E-state index contributed by atoms with van der Waals surface area (Å²) in [5.74, 6) is 1.38. The van der Waals surface area contributed by atoms with Gasteiger partial charge in [0.15, 0.2) is 0 Å². The Hall–Kier alpha value is 0.170. The third-order valence-corrected chi connectivity index (χ3v) is 3.93. The van der Waals surface area contributed by atoms with E-state index in [2.05, 4.69) is 18.7 Å². The highest BCUT2D eigenvalue weighted by molar-refractivity contribution is 6.18. The molecule has 0 aromatic carbocycles. The molecule has 1 unspecified atom stereocenters. The maximum Gasteiger partial charge on any atom is 0.0844 e. The zero-order valence-electron chi connectivity index (χ0n) is 11.0. The topological polar surface area (TPSA) is 21.7 Å². The van der Waals surface area contributed by atoms with Gasteiger partial charge in [-0.25, -0.2) is 0 Å². The van der Waals surface area contributed by atoms with Crippen LogP contribution in [0.25, 0.3) is 0 Å². The van der Waals surface area contributed by atoms with Crippen molar-refractivity contribution in [1.29, 1.82) is 0 Å². The van der Waals surface area contributed by atoms with E-state index in [0.717, 1.165) is 32.2 Å². The Balaban J connectivity index is 1.86. The molecule has 0 amide bonds. The molecule has 0 bridgehead atoms. The van der Waals surface area contributed by atoms with Gasteiger partial charge in [-0.3, -0.25) is 4.90 Å². The Morgan fingerprint density at radius 3 is 2.65 bits per heavy atom. The van der Waals surface area contributed by atoms with Gasteiger partial charge in [-0.15, -0.1) is 11.6 Å².